The van der Waals surface area contributed by atoms with E-state index in [2.05, 4.69) is 25.6 Å². The number of rotatable bonds is 5. The van der Waals surface area contributed by atoms with Crippen molar-refractivity contribution >= 4 is 35.2 Å². The van der Waals surface area contributed by atoms with E-state index in [0.29, 0.717) is 25.9 Å². The lowest BCUT2D eigenvalue weighted by molar-refractivity contribution is -0.137. The number of amides is 2. The number of alkyl halides is 3. The van der Waals surface area contributed by atoms with Gasteiger partial charge in [0.05, 0.1) is 10.6 Å². The monoisotopic (exact) mass is 468 g/mol. The highest BCUT2D eigenvalue weighted by atomic mass is 35.5. The number of carbonyl (C=O) groups excluding carboxylic acids is 2. The van der Waals surface area contributed by atoms with Crippen molar-refractivity contribution in [3.63, 3.8) is 0 Å². The molecular formula is C20H20ClF3N6O2. The lowest BCUT2D eigenvalue weighted by Crippen LogP contribution is -2.48. The molecule has 2 aromatic rings. The normalized spacial score (nSPS) is 18.9. The number of halogens is 4. The van der Waals surface area contributed by atoms with Crippen LogP contribution in [0.1, 0.15) is 41.7 Å². The Labute approximate surface area is 186 Å². The molecule has 1 saturated heterocycles. The second-order valence-corrected chi connectivity index (χ2v) is 8.22. The summed E-state index contributed by atoms with van der Waals surface area (Å²) in [6.45, 7) is 0.884. The quantitative estimate of drug-likeness (QED) is 0.698. The van der Waals surface area contributed by atoms with Crippen LogP contribution in [-0.2, 0) is 11.0 Å². The first-order valence-corrected chi connectivity index (χ1v) is 10.5. The summed E-state index contributed by atoms with van der Waals surface area (Å²) in [6, 6.07) is 2.01. The van der Waals surface area contributed by atoms with Gasteiger partial charge in [-0.25, -0.2) is 15.0 Å². The number of carbonyl (C=O) groups is 2. The standard InChI is InChI=1S/C20H20ClF3N6O2/c21-14-8-12(20(22,23)24)9-26-16(14)30-7-1-2-13(10-30)27-18(32)15-5-6-25-19(28-15)29-17(31)11-3-4-11/h5-6,8-9,11,13H,1-4,7,10H2,(H,27,32)(H,25,28,29,31)/t13-/m1/s1. The Morgan fingerprint density at radius 2 is 1.97 bits per heavy atom. The van der Waals surface area contributed by atoms with Gasteiger partial charge < -0.3 is 10.2 Å². The SMILES string of the molecule is O=C(N[C@@H]1CCCN(c2ncc(C(F)(F)F)cc2Cl)C1)c1ccnc(NC(=O)C2CC2)n1. The van der Waals surface area contributed by atoms with E-state index in [1.807, 2.05) is 0 Å². The summed E-state index contributed by atoms with van der Waals surface area (Å²) in [5.41, 5.74) is -0.810. The van der Waals surface area contributed by atoms with Crippen molar-refractivity contribution in [3.8, 4) is 0 Å². The number of anilines is 2. The molecule has 0 radical (unpaired) electrons. The van der Waals surface area contributed by atoms with E-state index in [0.717, 1.165) is 25.1 Å². The zero-order chi connectivity index (χ0) is 22.9. The Hall–Kier alpha value is -2.95. The first kappa shape index (κ1) is 22.3. The molecule has 2 N–H and O–H groups in total. The van der Waals surface area contributed by atoms with E-state index in [9.17, 15) is 22.8 Å². The van der Waals surface area contributed by atoms with Gasteiger partial charge in [-0.1, -0.05) is 11.6 Å². The Morgan fingerprint density at radius 1 is 1.19 bits per heavy atom. The molecule has 2 aromatic heterocycles. The molecule has 3 heterocycles. The Kier molecular flexibility index (Phi) is 6.18. The molecule has 2 amide bonds. The molecule has 32 heavy (non-hydrogen) atoms. The van der Waals surface area contributed by atoms with Gasteiger partial charge in [0, 0.05) is 37.4 Å². The third kappa shape index (κ3) is 5.26. The first-order valence-electron chi connectivity index (χ1n) is 10.1. The van der Waals surface area contributed by atoms with Gasteiger partial charge >= 0.3 is 6.18 Å². The minimum atomic E-state index is -4.53. The van der Waals surface area contributed by atoms with Gasteiger partial charge in [0.15, 0.2) is 0 Å². The highest BCUT2D eigenvalue weighted by Crippen LogP contribution is 2.34. The lowest BCUT2D eigenvalue weighted by Gasteiger charge is -2.34. The predicted molar refractivity (Wildman–Crippen MR) is 110 cm³/mol. The van der Waals surface area contributed by atoms with Gasteiger partial charge in [-0.2, -0.15) is 13.2 Å². The minimum Gasteiger partial charge on any atom is -0.353 e. The van der Waals surface area contributed by atoms with E-state index < -0.39 is 17.6 Å². The minimum absolute atomic E-state index is 0.0186. The topological polar surface area (TPSA) is 100 Å². The number of hydrogen-bond donors (Lipinski definition) is 2. The number of aromatic nitrogens is 3. The highest BCUT2D eigenvalue weighted by Gasteiger charge is 2.33. The molecule has 4 rings (SSSR count). The third-order valence-corrected chi connectivity index (χ3v) is 5.55. The van der Waals surface area contributed by atoms with E-state index >= 15 is 0 Å². The molecule has 1 aliphatic heterocycles. The Bertz CT molecular complexity index is 1030. The van der Waals surface area contributed by atoms with Gasteiger partial charge in [-0.05, 0) is 37.8 Å². The van der Waals surface area contributed by atoms with Crippen molar-refractivity contribution in [2.75, 3.05) is 23.3 Å². The van der Waals surface area contributed by atoms with Crippen molar-refractivity contribution in [1.82, 2.24) is 20.3 Å². The summed E-state index contributed by atoms with van der Waals surface area (Å²) >= 11 is 6.06. The van der Waals surface area contributed by atoms with Crippen LogP contribution in [0.3, 0.4) is 0 Å². The summed E-state index contributed by atoms with van der Waals surface area (Å²) in [5, 5.41) is 5.37. The lowest BCUT2D eigenvalue weighted by atomic mass is 10.1. The molecule has 1 aliphatic carbocycles. The number of pyridine rings is 1. The van der Waals surface area contributed by atoms with E-state index in [1.54, 1.807) is 4.90 Å². The molecular weight excluding hydrogens is 449 g/mol. The molecule has 1 atom stereocenters. The predicted octanol–water partition coefficient (Wildman–Crippen LogP) is 3.29. The fraction of sp³-hybridized carbons (Fsp3) is 0.450. The van der Waals surface area contributed by atoms with Gasteiger partial charge in [-0.15, -0.1) is 0 Å². The fourth-order valence-corrected chi connectivity index (χ4v) is 3.75. The van der Waals surface area contributed by atoms with E-state index in [4.69, 9.17) is 11.6 Å². The Morgan fingerprint density at radius 3 is 2.66 bits per heavy atom. The fourth-order valence-electron chi connectivity index (χ4n) is 3.47. The van der Waals surface area contributed by atoms with Gasteiger partial charge in [0.2, 0.25) is 11.9 Å². The summed E-state index contributed by atoms with van der Waals surface area (Å²) in [5.74, 6) is -0.305. The number of hydrogen-bond acceptors (Lipinski definition) is 6. The molecule has 0 aromatic carbocycles. The van der Waals surface area contributed by atoms with Crippen LogP contribution in [0.25, 0.3) is 0 Å². The van der Waals surface area contributed by atoms with Crippen molar-refractivity contribution in [1.29, 1.82) is 0 Å². The van der Waals surface area contributed by atoms with Gasteiger partial charge in [0.1, 0.15) is 11.5 Å². The molecule has 2 aliphatic rings. The summed E-state index contributed by atoms with van der Waals surface area (Å²) in [6.07, 6.45) is 0.657. The van der Waals surface area contributed by atoms with Crippen LogP contribution in [0.5, 0.6) is 0 Å². The molecule has 0 bridgehead atoms. The molecule has 0 spiro atoms. The van der Waals surface area contributed by atoms with Crippen LogP contribution in [0.2, 0.25) is 5.02 Å². The van der Waals surface area contributed by atoms with E-state index in [1.165, 1.54) is 12.3 Å². The maximum absolute atomic E-state index is 12.9. The summed E-state index contributed by atoms with van der Waals surface area (Å²) < 4.78 is 38.6. The Balaban J connectivity index is 1.40. The van der Waals surface area contributed by atoms with Crippen LogP contribution in [0, 0.1) is 5.92 Å². The van der Waals surface area contributed by atoms with Crippen molar-refractivity contribution < 1.29 is 22.8 Å². The summed E-state index contributed by atoms with van der Waals surface area (Å²) in [4.78, 5) is 38.3. The molecule has 2 fully saturated rings. The number of piperidine rings is 1. The first-order chi connectivity index (χ1) is 15.2. The second kappa shape index (κ2) is 8.89. The largest absolute Gasteiger partial charge is 0.417 e. The van der Waals surface area contributed by atoms with E-state index in [-0.39, 0.29) is 40.3 Å². The molecule has 170 valence electrons. The summed E-state index contributed by atoms with van der Waals surface area (Å²) in [7, 11) is 0. The van der Waals surface area contributed by atoms with Crippen molar-refractivity contribution in [3.05, 3.63) is 40.8 Å². The second-order valence-electron chi connectivity index (χ2n) is 7.81. The van der Waals surface area contributed by atoms with Crippen LogP contribution >= 0.6 is 11.6 Å². The van der Waals surface area contributed by atoms with Crippen molar-refractivity contribution in [2.45, 2.75) is 37.9 Å². The van der Waals surface area contributed by atoms with Gasteiger partial charge in [-0.3, -0.25) is 14.9 Å². The molecule has 0 unspecified atom stereocenters. The zero-order valence-corrected chi connectivity index (χ0v) is 17.6. The third-order valence-electron chi connectivity index (χ3n) is 5.28. The maximum Gasteiger partial charge on any atom is 0.417 e. The highest BCUT2D eigenvalue weighted by molar-refractivity contribution is 6.33. The number of nitrogens with zero attached hydrogens (tertiary/aromatic N) is 4. The smallest absolute Gasteiger partial charge is 0.353 e. The maximum atomic E-state index is 12.9. The van der Waals surface area contributed by atoms with Crippen LogP contribution < -0.4 is 15.5 Å². The van der Waals surface area contributed by atoms with Gasteiger partial charge in [0.25, 0.3) is 5.91 Å². The average Bonchev–Trinajstić information content (AvgIpc) is 3.59. The zero-order valence-electron chi connectivity index (χ0n) is 16.8. The van der Waals surface area contributed by atoms with Crippen molar-refractivity contribution in [2.24, 2.45) is 5.92 Å². The number of nitrogens with one attached hydrogen (secondary N) is 2. The molecule has 1 saturated carbocycles. The molecule has 8 nitrogen and oxygen atoms in total. The van der Waals surface area contributed by atoms with Crippen LogP contribution in [0.4, 0.5) is 24.9 Å². The molecule has 12 heteroatoms. The average molecular weight is 469 g/mol. The van der Waals surface area contributed by atoms with Crippen LogP contribution in [0.15, 0.2) is 24.5 Å². The van der Waals surface area contributed by atoms with Crippen LogP contribution in [-0.4, -0.2) is 45.9 Å².